The van der Waals surface area contributed by atoms with Crippen molar-refractivity contribution >= 4 is 5.57 Å². The van der Waals surface area contributed by atoms with Crippen LogP contribution in [0.4, 0.5) is 0 Å². The van der Waals surface area contributed by atoms with Gasteiger partial charge in [-0.1, -0.05) is 37.3 Å². The van der Waals surface area contributed by atoms with Crippen LogP contribution in [0.25, 0.3) is 5.57 Å². The molecule has 2 nitrogen and oxygen atoms in total. The zero-order chi connectivity index (χ0) is 13.2. The molecule has 0 fully saturated rings. The molecule has 18 heavy (non-hydrogen) atoms. The highest BCUT2D eigenvalue weighted by molar-refractivity contribution is 5.64. The summed E-state index contributed by atoms with van der Waals surface area (Å²) < 4.78 is 4.99. The molecular formula is C16H25NO. The van der Waals surface area contributed by atoms with Gasteiger partial charge in [-0.05, 0) is 43.0 Å². The van der Waals surface area contributed by atoms with Gasteiger partial charge in [0, 0.05) is 13.7 Å². The molecule has 0 spiro atoms. The number of allylic oxidation sites excluding steroid dienone is 1. The maximum atomic E-state index is 4.99. The molecule has 1 N–H and O–H groups in total. The molecule has 0 amide bonds. The van der Waals surface area contributed by atoms with Gasteiger partial charge >= 0.3 is 0 Å². The molecule has 0 aliphatic heterocycles. The molecule has 100 valence electrons. The van der Waals surface area contributed by atoms with E-state index in [-0.39, 0.29) is 0 Å². The molecule has 0 radical (unpaired) electrons. The smallest absolute Gasteiger partial charge is 0.0587 e. The van der Waals surface area contributed by atoms with E-state index in [0.29, 0.717) is 0 Å². The monoisotopic (exact) mass is 247 g/mol. The molecule has 0 saturated heterocycles. The van der Waals surface area contributed by atoms with Gasteiger partial charge in [0.1, 0.15) is 0 Å². The van der Waals surface area contributed by atoms with E-state index in [2.05, 4.69) is 49.5 Å². The minimum Gasteiger partial charge on any atom is -0.383 e. The van der Waals surface area contributed by atoms with Gasteiger partial charge in [-0.3, -0.25) is 0 Å². The lowest BCUT2D eigenvalue weighted by Crippen LogP contribution is -2.19. The molecular weight excluding hydrogens is 222 g/mol. The Morgan fingerprint density at radius 3 is 2.89 bits per heavy atom. The zero-order valence-electron chi connectivity index (χ0n) is 11.8. The van der Waals surface area contributed by atoms with Gasteiger partial charge < -0.3 is 10.1 Å². The second-order valence-corrected chi connectivity index (χ2v) is 4.47. The van der Waals surface area contributed by atoms with Crippen LogP contribution in [-0.4, -0.2) is 26.8 Å². The normalized spacial score (nSPS) is 11.8. The SMILES string of the molecule is CCc1cccc(/C(C)=C/CCNCCOC)c1. The van der Waals surface area contributed by atoms with E-state index in [4.69, 9.17) is 4.74 Å². The summed E-state index contributed by atoms with van der Waals surface area (Å²) in [4.78, 5) is 0. The van der Waals surface area contributed by atoms with Gasteiger partial charge in [0.15, 0.2) is 0 Å². The highest BCUT2D eigenvalue weighted by Crippen LogP contribution is 2.16. The van der Waals surface area contributed by atoms with E-state index in [1.165, 1.54) is 16.7 Å². The van der Waals surface area contributed by atoms with Crippen molar-refractivity contribution in [2.24, 2.45) is 0 Å². The molecule has 0 aromatic heterocycles. The molecule has 0 saturated carbocycles. The van der Waals surface area contributed by atoms with Crippen LogP contribution in [0, 0.1) is 0 Å². The Hall–Kier alpha value is -1.12. The third kappa shape index (κ3) is 5.48. The molecule has 0 aliphatic rings. The standard InChI is InChI=1S/C16H25NO/c1-4-15-8-5-9-16(13-15)14(2)7-6-10-17-11-12-18-3/h5,7-9,13,17H,4,6,10-12H2,1-3H3/b14-7+. The molecule has 0 bridgehead atoms. The summed E-state index contributed by atoms with van der Waals surface area (Å²) in [6, 6.07) is 8.79. The molecule has 0 heterocycles. The van der Waals surface area contributed by atoms with Gasteiger partial charge in [0.2, 0.25) is 0 Å². The van der Waals surface area contributed by atoms with Gasteiger partial charge in [-0.2, -0.15) is 0 Å². The minimum absolute atomic E-state index is 0.779. The van der Waals surface area contributed by atoms with Crippen molar-refractivity contribution in [1.82, 2.24) is 5.32 Å². The Morgan fingerprint density at radius 2 is 2.17 bits per heavy atom. The number of aryl methyl sites for hydroxylation is 1. The second kappa shape index (κ2) is 8.90. The first-order valence-corrected chi connectivity index (χ1v) is 6.73. The van der Waals surface area contributed by atoms with Crippen molar-refractivity contribution in [2.45, 2.75) is 26.7 Å². The third-order valence-corrected chi connectivity index (χ3v) is 3.05. The summed E-state index contributed by atoms with van der Waals surface area (Å²) in [6.07, 6.45) is 4.46. The van der Waals surface area contributed by atoms with Crippen LogP contribution in [0.2, 0.25) is 0 Å². The van der Waals surface area contributed by atoms with Gasteiger partial charge in [-0.25, -0.2) is 0 Å². The van der Waals surface area contributed by atoms with E-state index in [0.717, 1.165) is 32.5 Å². The predicted molar refractivity (Wildman–Crippen MR) is 78.8 cm³/mol. The fourth-order valence-electron chi connectivity index (χ4n) is 1.84. The van der Waals surface area contributed by atoms with Gasteiger partial charge in [-0.15, -0.1) is 0 Å². The molecule has 0 atom stereocenters. The maximum absolute atomic E-state index is 4.99. The fraction of sp³-hybridized carbons (Fsp3) is 0.500. The average molecular weight is 247 g/mol. The van der Waals surface area contributed by atoms with Crippen molar-refractivity contribution in [1.29, 1.82) is 0 Å². The Morgan fingerprint density at radius 1 is 1.33 bits per heavy atom. The zero-order valence-corrected chi connectivity index (χ0v) is 11.8. The Labute approximate surface area is 111 Å². The summed E-state index contributed by atoms with van der Waals surface area (Å²) in [6.45, 7) is 7.09. The molecule has 1 aromatic rings. The van der Waals surface area contributed by atoms with Crippen molar-refractivity contribution in [3.8, 4) is 0 Å². The lowest BCUT2D eigenvalue weighted by molar-refractivity contribution is 0.199. The van der Waals surface area contributed by atoms with Crippen molar-refractivity contribution < 1.29 is 4.74 Å². The molecule has 0 unspecified atom stereocenters. The average Bonchev–Trinajstić information content (AvgIpc) is 2.42. The molecule has 1 rings (SSSR count). The number of benzene rings is 1. The first-order chi connectivity index (χ1) is 8.77. The number of hydrogen-bond donors (Lipinski definition) is 1. The van der Waals surface area contributed by atoms with Crippen LogP contribution >= 0.6 is 0 Å². The molecule has 2 heteroatoms. The molecule has 1 aromatic carbocycles. The van der Waals surface area contributed by atoms with E-state index in [1.807, 2.05) is 0 Å². The van der Waals surface area contributed by atoms with Crippen LogP contribution in [0.15, 0.2) is 30.3 Å². The van der Waals surface area contributed by atoms with Gasteiger partial charge in [0.05, 0.1) is 6.61 Å². The first kappa shape index (κ1) is 14.9. The van der Waals surface area contributed by atoms with Crippen LogP contribution in [0.3, 0.4) is 0 Å². The van der Waals surface area contributed by atoms with E-state index in [1.54, 1.807) is 7.11 Å². The number of methoxy groups -OCH3 is 1. The summed E-state index contributed by atoms with van der Waals surface area (Å²) >= 11 is 0. The van der Waals surface area contributed by atoms with E-state index < -0.39 is 0 Å². The topological polar surface area (TPSA) is 21.3 Å². The number of ether oxygens (including phenoxy) is 1. The summed E-state index contributed by atoms with van der Waals surface area (Å²) in [7, 11) is 1.73. The highest BCUT2D eigenvalue weighted by atomic mass is 16.5. The summed E-state index contributed by atoms with van der Waals surface area (Å²) in [5.74, 6) is 0. The van der Waals surface area contributed by atoms with Crippen LogP contribution in [0.1, 0.15) is 31.4 Å². The van der Waals surface area contributed by atoms with Crippen LogP contribution in [0.5, 0.6) is 0 Å². The Kier molecular flexibility index (Phi) is 7.38. The Bertz CT molecular complexity index is 371. The lowest BCUT2D eigenvalue weighted by atomic mass is 10.0. The van der Waals surface area contributed by atoms with Gasteiger partial charge in [0.25, 0.3) is 0 Å². The summed E-state index contributed by atoms with van der Waals surface area (Å²) in [5, 5.41) is 3.35. The van der Waals surface area contributed by atoms with E-state index >= 15 is 0 Å². The van der Waals surface area contributed by atoms with E-state index in [9.17, 15) is 0 Å². The highest BCUT2D eigenvalue weighted by Gasteiger charge is 1.96. The predicted octanol–water partition coefficient (Wildman–Crippen LogP) is 3.28. The maximum Gasteiger partial charge on any atom is 0.0587 e. The quantitative estimate of drug-likeness (QED) is 0.712. The molecule has 0 aliphatic carbocycles. The van der Waals surface area contributed by atoms with Crippen LogP contribution in [-0.2, 0) is 11.2 Å². The van der Waals surface area contributed by atoms with Crippen molar-refractivity contribution in [2.75, 3.05) is 26.8 Å². The minimum atomic E-state index is 0.779. The number of rotatable bonds is 8. The van der Waals surface area contributed by atoms with Crippen molar-refractivity contribution in [3.63, 3.8) is 0 Å². The fourth-order valence-corrected chi connectivity index (χ4v) is 1.84. The third-order valence-electron chi connectivity index (χ3n) is 3.05. The largest absolute Gasteiger partial charge is 0.383 e. The number of hydrogen-bond acceptors (Lipinski definition) is 2. The van der Waals surface area contributed by atoms with Crippen molar-refractivity contribution in [3.05, 3.63) is 41.5 Å². The van der Waals surface area contributed by atoms with Crippen LogP contribution < -0.4 is 5.32 Å². The first-order valence-electron chi connectivity index (χ1n) is 6.73. The number of nitrogens with one attached hydrogen (secondary N) is 1. The Balaban J connectivity index is 2.40. The summed E-state index contributed by atoms with van der Waals surface area (Å²) in [5.41, 5.74) is 4.10. The second-order valence-electron chi connectivity index (χ2n) is 4.47. The lowest BCUT2D eigenvalue weighted by Gasteiger charge is -2.05.